The van der Waals surface area contributed by atoms with Gasteiger partial charge in [-0.05, 0) is 12.1 Å². The van der Waals surface area contributed by atoms with Gasteiger partial charge in [-0.15, -0.1) is 0 Å². The van der Waals surface area contributed by atoms with Gasteiger partial charge in [-0.25, -0.2) is 14.2 Å². The maximum atomic E-state index is 13.2. The van der Waals surface area contributed by atoms with Gasteiger partial charge in [0.2, 0.25) is 17.2 Å². The van der Waals surface area contributed by atoms with Gasteiger partial charge in [0.15, 0.2) is 0 Å². The lowest BCUT2D eigenvalue weighted by atomic mass is 10.3. The van der Waals surface area contributed by atoms with Crippen molar-refractivity contribution in [3.63, 3.8) is 0 Å². The lowest BCUT2D eigenvalue weighted by Crippen LogP contribution is -2.44. The van der Waals surface area contributed by atoms with Gasteiger partial charge in [0.25, 0.3) is 0 Å². The Balaban J connectivity index is 0.00000141. The molecule has 172 valence electrons. The second-order valence-electron chi connectivity index (χ2n) is 7.05. The third-order valence-electron chi connectivity index (χ3n) is 5.15. The summed E-state index contributed by atoms with van der Waals surface area (Å²) < 4.78 is 13.1. The molecule has 32 heavy (non-hydrogen) atoms. The van der Waals surface area contributed by atoms with Crippen LogP contribution in [0, 0.1) is 0 Å². The number of hydrogen-bond acceptors (Lipinski definition) is 8. The van der Waals surface area contributed by atoms with Gasteiger partial charge in [-0.1, -0.05) is 26.0 Å². The highest BCUT2D eigenvalue weighted by Gasteiger charge is 2.26. The van der Waals surface area contributed by atoms with Gasteiger partial charge in [0.05, 0.1) is 18.1 Å². The number of fused-ring (bicyclic) bond motifs is 3. The zero-order valence-corrected chi connectivity index (χ0v) is 18.9. The molecular weight excluding hydrogens is 414 g/mol. The number of aromatic nitrogens is 3. The zero-order valence-electron chi connectivity index (χ0n) is 18.9. The molecule has 3 aromatic rings. The zero-order chi connectivity index (χ0) is 23.3. The van der Waals surface area contributed by atoms with Gasteiger partial charge < -0.3 is 19.4 Å². The number of ether oxygens (including phenoxy) is 2. The van der Waals surface area contributed by atoms with Crippen LogP contribution in [0.3, 0.4) is 0 Å². The molecule has 10 heteroatoms. The third kappa shape index (κ3) is 4.51. The number of piperazine rings is 1. The number of methoxy groups -OCH3 is 1. The van der Waals surface area contributed by atoms with E-state index in [1.54, 1.807) is 6.07 Å². The second kappa shape index (κ2) is 10.4. The highest BCUT2D eigenvalue weighted by atomic mass is 16.5. The fraction of sp³-hybridized carbons (Fsp3) is 0.455. The molecule has 10 nitrogen and oxygen atoms in total. The van der Waals surface area contributed by atoms with Crippen molar-refractivity contribution in [3.05, 3.63) is 40.3 Å². The average molecular weight is 444 g/mol. The number of rotatable bonds is 5. The van der Waals surface area contributed by atoms with E-state index in [-0.39, 0.29) is 5.69 Å². The topological polar surface area (TPSA) is 107 Å². The predicted octanol–water partition coefficient (Wildman–Crippen LogP) is 1.29. The van der Waals surface area contributed by atoms with Crippen molar-refractivity contribution in [1.29, 1.82) is 0 Å². The Morgan fingerprint density at radius 2 is 1.75 bits per heavy atom. The minimum atomic E-state index is -0.843. The van der Waals surface area contributed by atoms with Gasteiger partial charge in [0.1, 0.15) is 0 Å². The Hall–Kier alpha value is -3.24. The molecule has 3 heterocycles. The molecule has 4 rings (SSSR count). The quantitative estimate of drug-likeness (QED) is 0.588. The monoisotopic (exact) mass is 443 g/mol. The number of imidazole rings is 1. The van der Waals surface area contributed by atoms with Crippen molar-refractivity contribution < 1.29 is 19.1 Å². The number of carbonyl (C=O) groups is 2. The van der Waals surface area contributed by atoms with E-state index in [0.29, 0.717) is 17.8 Å². The van der Waals surface area contributed by atoms with Crippen LogP contribution in [0.1, 0.15) is 31.3 Å². The largest absolute Gasteiger partial charge is 0.464 e. The number of benzene rings is 1. The molecule has 1 aliphatic heterocycles. The number of nitrogens with zero attached hydrogens (tertiary/aromatic N) is 4. The highest BCUT2D eigenvalue weighted by Crippen LogP contribution is 2.22. The lowest BCUT2D eigenvalue weighted by Gasteiger charge is -2.27. The molecule has 1 N–H and O–H groups in total. The van der Waals surface area contributed by atoms with Crippen LogP contribution in [0.2, 0.25) is 0 Å². The van der Waals surface area contributed by atoms with Crippen molar-refractivity contribution >= 4 is 28.7 Å². The van der Waals surface area contributed by atoms with E-state index in [1.165, 1.54) is 11.5 Å². The van der Waals surface area contributed by atoms with Crippen LogP contribution in [0.4, 0.5) is 0 Å². The molecule has 0 aliphatic carbocycles. The Morgan fingerprint density at radius 1 is 1.09 bits per heavy atom. The number of esters is 2. The van der Waals surface area contributed by atoms with Gasteiger partial charge in [-0.3, -0.25) is 14.5 Å². The first kappa shape index (κ1) is 23.4. The van der Waals surface area contributed by atoms with Crippen LogP contribution < -0.4 is 15.6 Å². The van der Waals surface area contributed by atoms with Crippen LogP contribution in [0.15, 0.2) is 29.1 Å². The van der Waals surface area contributed by atoms with E-state index in [1.807, 2.05) is 36.6 Å². The first-order chi connectivity index (χ1) is 15.5. The molecule has 1 aliphatic rings. The van der Waals surface area contributed by atoms with E-state index >= 15 is 0 Å². The smallest absolute Gasteiger partial charge is 0.360 e. The van der Waals surface area contributed by atoms with Crippen molar-refractivity contribution in [2.24, 2.45) is 0 Å². The fourth-order valence-corrected chi connectivity index (χ4v) is 3.75. The van der Waals surface area contributed by atoms with E-state index in [9.17, 15) is 14.4 Å². The lowest BCUT2D eigenvalue weighted by molar-refractivity contribution is -0.132. The van der Waals surface area contributed by atoms with E-state index in [0.717, 1.165) is 45.2 Å². The second-order valence-corrected chi connectivity index (χ2v) is 7.05. The highest BCUT2D eigenvalue weighted by molar-refractivity contribution is 5.92. The molecule has 0 amide bonds. The molecule has 2 aromatic heterocycles. The summed E-state index contributed by atoms with van der Waals surface area (Å²) in [5.41, 5.74) is 0.472. The summed E-state index contributed by atoms with van der Waals surface area (Å²) >= 11 is 0. The summed E-state index contributed by atoms with van der Waals surface area (Å²) in [6, 6.07) is 7.38. The average Bonchev–Trinajstić information content (AvgIpc) is 3.14. The Morgan fingerprint density at radius 3 is 2.38 bits per heavy atom. The van der Waals surface area contributed by atoms with E-state index in [2.05, 4.69) is 15.2 Å². The van der Waals surface area contributed by atoms with Crippen LogP contribution in [0.5, 0.6) is 5.75 Å². The third-order valence-corrected chi connectivity index (χ3v) is 5.15. The van der Waals surface area contributed by atoms with Crippen molar-refractivity contribution in [2.45, 2.75) is 27.3 Å². The maximum absolute atomic E-state index is 13.2. The van der Waals surface area contributed by atoms with Crippen molar-refractivity contribution in [1.82, 2.24) is 24.2 Å². The van der Waals surface area contributed by atoms with E-state index in [4.69, 9.17) is 9.47 Å². The minimum absolute atomic E-state index is 0.299. The van der Waals surface area contributed by atoms with Crippen LogP contribution in [-0.4, -0.2) is 70.6 Å². The molecule has 0 unspecified atom stereocenters. The standard InChI is InChI=1S/C20H23N5O5.C2H6/c1-13(26)30-17-16(19(28)29-2)22-20-24(12-11-23-9-7-21-8-10-23)14-5-3-4-6-15(14)25(20)18(17)27;1-2/h3-6,21H,7-12H2,1-2H3;1-2H3. The summed E-state index contributed by atoms with van der Waals surface area (Å²) in [5.74, 6) is -1.70. The molecule has 0 radical (unpaired) electrons. The summed E-state index contributed by atoms with van der Waals surface area (Å²) in [4.78, 5) is 43.8. The number of hydrogen-bond donors (Lipinski definition) is 1. The number of carbonyl (C=O) groups excluding carboxylic acids is 2. The van der Waals surface area contributed by atoms with Crippen LogP contribution in [0.25, 0.3) is 16.8 Å². The summed E-state index contributed by atoms with van der Waals surface area (Å²) in [7, 11) is 1.18. The van der Waals surface area contributed by atoms with Gasteiger partial charge >= 0.3 is 17.5 Å². The Kier molecular flexibility index (Phi) is 7.60. The summed E-state index contributed by atoms with van der Waals surface area (Å²) in [6.07, 6.45) is 0. The van der Waals surface area contributed by atoms with E-state index < -0.39 is 23.2 Å². The number of nitrogens with one attached hydrogen (secondary N) is 1. The van der Waals surface area contributed by atoms with Crippen LogP contribution >= 0.6 is 0 Å². The number of para-hydroxylation sites is 2. The Labute approximate surface area is 185 Å². The maximum Gasteiger partial charge on any atom is 0.360 e. The van der Waals surface area contributed by atoms with Gasteiger partial charge in [-0.2, -0.15) is 0 Å². The predicted molar refractivity (Wildman–Crippen MR) is 120 cm³/mol. The van der Waals surface area contributed by atoms with Crippen LogP contribution in [-0.2, 0) is 16.1 Å². The first-order valence-electron chi connectivity index (χ1n) is 10.7. The molecule has 1 saturated heterocycles. The minimum Gasteiger partial charge on any atom is -0.464 e. The molecule has 1 aromatic carbocycles. The summed E-state index contributed by atoms with van der Waals surface area (Å²) in [6.45, 7) is 10.3. The SMILES string of the molecule is CC.COC(=O)c1nc2n(CCN3CCNCC3)c3ccccc3n2c(=O)c1OC(C)=O. The molecule has 0 spiro atoms. The normalized spacial score (nSPS) is 14.1. The summed E-state index contributed by atoms with van der Waals surface area (Å²) in [5, 5.41) is 3.32. The molecular formula is C22H29N5O5. The fourth-order valence-electron chi connectivity index (χ4n) is 3.75. The molecule has 0 atom stereocenters. The molecule has 1 fully saturated rings. The molecule has 0 saturated carbocycles. The first-order valence-corrected chi connectivity index (χ1v) is 10.7. The van der Waals surface area contributed by atoms with Gasteiger partial charge in [0, 0.05) is 46.2 Å². The Bertz CT molecular complexity index is 1180. The van der Waals surface area contributed by atoms with Crippen molar-refractivity contribution in [3.8, 4) is 5.75 Å². The molecule has 0 bridgehead atoms. The van der Waals surface area contributed by atoms with Crippen molar-refractivity contribution in [2.75, 3.05) is 39.8 Å².